The van der Waals surface area contributed by atoms with E-state index in [2.05, 4.69) is 0 Å². The normalized spacial score (nSPS) is 22.6. The maximum Gasteiger partial charge on any atom is 0.375 e. The highest BCUT2D eigenvalue weighted by Gasteiger charge is 2.54. The summed E-state index contributed by atoms with van der Waals surface area (Å²) >= 11 is 0. The summed E-state index contributed by atoms with van der Waals surface area (Å²) < 4.78 is 15.2. The van der Waals surface area contributed by atoms with Crippen LogP contribution in [-0.4, -0.2) is 31.9 Å². The lowest BCUT2D eigenvalue weighted by atomic mass is 9.79. The van der Waals surface area contributed by atoms with E-state index in [0.717, 1.165) is 0 Å². The molecule has 1 heterocycles. The van der Waals surface area contributed by atoms with Crippen molar-refractivity contribution in [3.05, 3.63) is 58.9 Å². The number of methoxy groups -OCH3 is 2. The fourth-order valence-electron chi connectivity index (χ4n) is 2.75. The predicted molar refractivity (Wildman–Crippen MR) is 73.7 cm³/mol. The van der Waals surface area contributed by atoms with E-state index < -0.39 is 17.5 Å². The molecule has 2 aliphatic rings. The molecule has 6 nitrogen and oxygen atoms in total. The van der Waals surface area contributed by atoms with Crippen molar-refractivity contribution in [1.29, 1.82) is 0 Å². The van der Waals surface area contributed by atoms with E-state index in [1.807, 2.05) is 0 Å². The van der Waals surface area contributed by atoms with Crippen molar-refractivity contribution >= 4 is 17.7 Å². The Balaban J connectivity index is 2.32. The molecule has 1 unspecified atom stereocenters. The monoisotopic (exact) mass is 300 g/mol. The standard InChI is InChI=1S/C16H12O6/c1-20-13-12(14(18)21-2)16(22-15(13)19)8-7-11(17)9-5-3-4-6-10(9)16/h3-8H,1-2H3. The Morgan fingerprint density at radius 2 is 1.91 bits per heavy atom. The molecule has 0 N–H and O–H groups in total. The van der Waals surface area contributed by atoms with Gasteiger partial charge in [-0.25, -0.2) is 9.59 Å². The third-order valence-corrected chi connectivity index (χ3v) is 3.69. The molecule has 3 rings (SSSR count). The molecular weight excluding hydrogens is 288 g/mol. The molecule has 6 heteroatoms. The fourth-order valence-corrected chi connectivity index (χ4v) is 2.75. The van der Waals surface area contributed by atoms with Crippen LogP contribution in [0.3, 0.4) is 0 Å². The summed E-state index contributed by atoms with van der Waals surface area (Å²) in [6, 6.07) is 6.63. The summed E-state index contributed by atoms with van der Waals surface area (Å²) in [5, 5.41) is 0. The molecule has 0 aromatic heterocycles. The van der Waals surface area contributed by atoms with Crippen molar-refractivity contribution in [2.24, 2.45) is 0 Å². The van der Waals surface area contributed by atoms with Gasteiger partial charge < -0.3 is 14.2 Å². The maximum atomic E-state index is 12.2. The van der Waals surface area contributed by atoms with Gasteiger partial charge >= 0.3 is 11.9 Å². The first-order valence-corrected chi connectivity index (χ1v) is 6.48. The van der Waals surface area contributed by atoms with Gasteiger partial charge in [-0.05, 0) is 12.2 Å². The summed E-state index contributed by atoms with van der Waals surface area (Å²) in [6.45, 7) is 0. The Labute approximate surface area is 126 Å². The molecule has 0 amide bonds. The first-order valence-electron chi connectivity index (χ1n) is 6.48. The Morgan fingerprint density at radius 1 is 1.18 bits per heavy atom. The first-order chi connectivity index (χ1) is 10.5. The zero-order valence-corrected chi connectivity index (χ0v) is 11.9. The van der Waals surface area contributed by atoms with Gasteiger partial charge in [-0.3, -0.25) is 4.79 Å². The van der Waals surface area contributed by atoms with Gasteiger partial charge in [0, 0.05) is 11.1 Å². The van der Waals surface area contributed by atoms with Crippen LogP contribution in [0.1, 0.15) is 15.9 Å². The molecular formula is C16H12O6. The van der Waals surface area contributed by atoms with Crippen molar-refractivity contribution in [2.45, 2.75) is 5.60 Å². The lowest BCUT2D eigenvalue weighted by molar-refractivity contribution is -0.148. The molecule has 0 saturated heterocycles. The first kappa shape index (κ1) is 14.1. The quantitative estimate of drug-likeness (QED) is 0.765. The molecule has 1 aromatic rings. The number of benzene rings is 1. The summed E-state index contributed by atoms with van der Waals surface area (Å²) in [6.07, 6.45) is 2.66. The van der Waals surface area contributed by atoms with Crippen LogP contribution in [0.15, 0.2) is 47.7 Å². The van der Waals surface area contributed by atoms with Crippen LogP contribution in [0.5, 0.6) is 0 Å². The van der Waals surface area contributed by atoms with E-state index in [0.29, 0.717) is 11.1 Å². The Kier molecular flexibility index (Phi) is 3.09. The Morgan fingerprint density at radius 3 is 2.59 bits per heavy atom. The number of ether oxygens (including phenoxy) is 3. The van der Waals surface area contributed by atoms with Gasteiger partial charge in [-0.2, -0.15) is 0 Å². The zero-order chi connectivity index (χ0) is 15.9. The van der Waals surface area contributed by atoms with Crippen molar-refractivity contribution in [2.75, 3.05) is 14.2 Å². The molecule has 1 spiro atoms. The number of fused-ring (bicyclic) bond motifs is 2. The van der Waals surface area contributed by atoms with Crippen molar-refractivity contribution in [3.63, 3.8) is 0 Å². The number of hydrogen-bond acceptors (Lipinski definition) is 6. The fraction of sp³-hybridized carbons (Fsp3) is 0.188. The molecule has 1 aliphatic carbocycles. The molecule has 0 bridgehead atoms. The van der Waals surface area contributed by atoms with Gasteiger partial charge in [0.2, 0.25) is 5.76 Å². The van der Waals surface area contributed by atoms with Gasteiger partial charge in [0.05, 0.1) is 14.2 Å². The minimum Gasteiger partial charge on any atom is -0.489 e. The lowest BCUT2D eigenvalue weighted by Crippen LogP contribution is -2.35. The highest BCUT2D eigenvalue weighted by molar-refractivity contribution is 6.11. The van der Waals surface area contributed by atoms with Crippen LogP contribution >= 0.6 is 0 Å². The second-order valence-electron chi connectivity index (χ2n) is 4.77. The number of allylic oxidation sites excluding steroid dienone is 1. The summed E-state index contributed by atoms with van der Waals surface area (Å²) in [5.74, 6) is -1.98. The van der Waals surface area contributed by atoms with Gasteiger partial charge in [0.25, 0.3) is 0 Å². The molecule has 1 atom stereocenters. The number of rotatable bonds is 2. The van der Waals surface area contributed by atoms with E-state index in [1.54, 1.807) is 24.3 Å². The number of hydrogen-bond donors (Lipinski definition) is 0. The number of carbonyl (C=O) groups excluding carboxylic acids is 3. The smallest absolute Gasteiger partial charge is 0.375 e. The van der Waals surface area contributed by atoms with Crippen LogP contribution in [0.25, 0.3) is 0 Å². The van der Waals surface area contributed by atoms with Gasteiger partial charge in [0.1, 0.15) is 5.57 Å². The third-order valence-electron chi connectivity index (χ3n) is 3.69. The van der Waals surface area contributed by atoms with Gasteiger partial charge in [-0.1, -0.05) is 24.3 Å². The maximum absolute atomic E-state index is 12.2. The SMILES string of the molecule is COC(=O)C1=C(OC)C(=O)OC12C=CC(=O)c1ccccc12. The third kappa shape index (κ3) is 1.70. The molecule has 1 aliphatic heterocycles. The zero-order valence-electron chi connectivity index (χ0n) is 11.9. The largest absolute Gasteiger partial charge is 0.489 e. The van der Waals surface area contributed by atoms with Crippen LogP contribution < -0.4 is 0 Å². The molecule has 0 saturated carbocycles. The van der Waals surface area contributed by atoms with E-state index in [4.69, 9.17) is 14.2 Å². The number of carbonyl (C=O) groups is 3. The Hall–Kier alpha value is -2.89. The molecule has 112 valence electrons. The second-order valence-corrected chi connectivity index (χ2v) is 4.77. The summed E-state index contributed by atoms with van der Waals surface area (Å²) in [7, 11) is 2.46. The number of ketones is 1. The minimum atomic E-state index is -1.50. The van der Waals surface area contributed by atoms with Crippen LogP contribution in [-0.2, 0) is 29.4 Å². The predicted octanol–water partition coefficient (Wildman–Crippen LogP) is 1.26. The van der Waals surface area contributed by atoms with Gasteiger partial charge in [0.15, 0.2) is 11.4 Å². The highest BCUT2D eigenvalue weighted by atomic mass is 16.6. The van der Waals surface area contributed by atoms with Crippen molar-refractivity contribution in [1.82, 2.24) is 0 Å². The lowest BCUT2D eigenvalue weighted by Gasteiger charge is -2.30. The van der Waals surface area contributed by atoms with Crippen molar-refractivity contribution in [3.8, 4) is 0 Å². The average molecular weight is 300 g/mol. The number of esters is 2. The van der Waals surface area contributed by atoms with Crippen molar-refractivity contribution < 1.29 is 28.6 Å². The second kappa shape index (κ2) is 4.84. The summed E-state index contributed by atoms with van der Waals surface area (Å²) in [5.41, 5.74) is -0.807. The van der Waals surface area contributed by atoms with Crippen LogP contribution in [0, 0.1) is 0 Å². The highest BCUT2D eigenvalue weighted by Crippen LogP contribution is 2.46. The topological polar surface area (TPSA) is 78.9 Å². The van der Waals surface area contributed by atoms with E-state index in [-0.39, 0.29) is 17.1 Å². The van der Waals surface area contributed by atoms with E-state index >= 15 is 0 Å². The van der Waals surface area contributed by atoms with Crippen LogP contribution in [0.4, 0.5) is 0 Å². The molecule has 1 aromatic carbocycles. The van der Waals surface area contributed by atoms with E-state index in [1.165, 1.54) is 26.4 Å². The minimum absolute atomic E-state index is 0.0706. The molecule has 0 radical (unpaired) electrons. The molecule has 22 heavy (non-hydrogen) atoms. The Bertz CT molecular complexity index is 758. The van der Waals surface area contributed by atoms with Gasteiger partial charge in [-0.15, -0.1) is 0 Å². The van der Waals surface area contributed by atoms with Crippen LogP contribution in [0.2, 0.25) is 0 Å². The average Bonchev–Trinajstić information content (AvgIpc) is 2.83. The summed E-state index contributed by atoms with van der Waals surface area (Å²) in [4.78, 5) is 36.3. The molecule has 0 fully saturated rings. The van der Waals surface area contributed by atoms with E-state index in [9.17, 15) is 14.4 Å².